The van der Waals surface area contributed by atoms with E-state index in [1.807, 2.05) is 30.7 Å². The quantitative estimate of drug-likeness (QED) is 0.332. The predicted octanol–water partition coefficient (Wildman–Crippen LogP) is 3.79. The molecule has 2 fully saturated rings. The Balaban J connectivity index is 1.17. The van der Waals surface area contributed by atoms with Crippen molar-refractivity contribution in [3.63, 3.8) is 0 Å². The summed E-state index contributed by atoms with van der Waals surface area (Å²) >= 11 is 0. The minimum Gasteiger partial charge on any atom is -0.491 e. The summed E-state index contributed by atoms with van der Waals surface area (Å²) in [6, 6.07) is 8.36. The van der Waals surface area contributed by atoms with Gasteiger partial charge in [-0.05, 0) is 57.2 Å². The minimum absolute atomic E-state index is 0.666. The van der Waals surface area contributed by atoms with Crippen LogP contribution in [0.5, 0.6) is 5.75 Å². The van der Waals surface area contributed by atoms with E-state index in [4.69, 9.17) is 9.72 Å². The Morgan fingerprint density at radius 3 is 2.62 bits per heavy atom. The monoisotopic (exact) mass is 523 g/mol. The number of ether oxygens (including phenoxy) is 1. The fourth-order valence-corrected chi connectivity index (χ4v) is 5.66. The van der Waals surface area contributed by atoms with E-state index >= 15 is 0 Å². The molecule has 0 radical (unpaired) electrons. The highest BCUT2D eigenvalue weighted by Gasteiger charge is 2.20. The van der Waals surface area contributed by atoms with Crippen LogP contribution < -0.4 is 9.64 Å². The van der Waals surface area contributed by atoms with Gasteiger partial charge in [0.25, 0.3) is 0 Å². The van der Waals surface area contributed by atoms with Gasteiger partial charge in [0.1, 0.15) is 18.2 Å². The van der Waals surface area contributed by atoms with Crippen LogP contribution in [-0.4, -0.2) is 99.4 Å². The van der Waals surface area contributed by atoms with Gasteiger partial charge < -0.3 is 19.5 Å². The molecule has 10 nitrogen and oxygen atoms in total. The summed E-state index contributed by atoms with van der Waals surface area (Å²) in [6.07, 6.45) is 9.93. The van der Waals surface area contributed by atoms with Gasteiger partial charge in [0.2, 0.25) is 0 Å². The summed E-state index contributed by atoms with van der Waals surface area (Å²) in [5.74, 6) is 1.80. The molecular weight excluding hydrogens is 490 g/mol. The third-order valence-electron chi connectivity index (χ3n) is 7.93. The molecule has 5 aromatic heterocycles. The van der Waals surface area contributed by atoms with Crippen LogP contribution in [0.3, 0.4) is 0 Å². The minimum atomic E-state index is 0.666. The number of rotatable bonds is 7. The molecule has 0 aliphatic carbocycles. The van der Waals surface area contributed by atoms with Crippen molar-refractivity contribution in [1.29, 1.82) is 0 Å². The molecule has 2 aliphatic heterocycles. The summed E-state index contributed by atoms with van der Waals surface area (Å²) in [5, 5.41) is 9.76. The smallest absolute Gasteiger partial charge is 0.181 e. The van der Waals surface area contributed by atoms with Gasteiger partial charge in [0.15, 0.2) is 5.65 Å². The lowest BCUT2D eigenvalue weighted by atomic mass is 10.1. The van der Waals surface area contributed by atoms with E-state index in [1.54, 1.807) is 6.20 Å². The number of piperazine rings is 1. The number of aromatic amines is 2. The summed E-state index contributed by atoms with van der Waals surface area (Å²) in [4.78, 5) is 24.6. The van der Waals surface area contributed by atoms with Gasteiger partial charge in [-0.1, -0.05) is 0 Å². The van der Waals surface area contributed by atoms with Gasteiger partial charge in [-0.2, -0.15) is 5.10 Å². The SMILES string of the molecule is CN1CCN(c2nccc3[nH]c(-c4[nH]nc5ncc(-c6cncc(OCCN7CCCC7)c6)cc45)cc23)CC1. The molecule has 0 aromatic carbocycles. The maximum atomic E-state index is 6.04. The molecule has 0 saturated carbocycles. The van der Waals surface area contributed by atoms with E-state index in [-0.39, 0.29) is 0 Å². The molecule has 10 heteroatoms. The lowest BCUT2D eigenvalue weighted by Crippen LogP contribution is -2.44. The number of pyridine rings is 3. The first-order valence-corrected chi connectivity index (χ1v) is 13.8. The van der Waals surface area contributed by atoms with Crippen molar-refractivity contribution in [3.8, 4) is 28.3 Å². The van der Waals surface area contributed by atoms with Gasteiger partial charge in [-0.15, -0.1) is 0 Å². The van der Waals surface area contributed by atoms with Crippen LogP contribution in [0.15, 0.2) is 49.1 Å². The number of nitrogens with zero attached hydrogens (tertiary/aromatic N) is 7. The van der Waals surface area contributed by atoms with Gasteiger partial charge in [-0.25, -0.2) is 9.97 Å². The highest BCUT2D eigenvalue weighted by molar-refractivity contribution is 5.99. The third kappa shape index (κ3) is 4.81. The van der Waals surface area contributed by atoms with Crippen molar-refractivity contribution in [3.05, 3.63) is 49.1 Å². The van der Waals surface area contributed by atoms with Crippen molar-refractivity contribution < 1.29 is 4.74 Å². The zero-order valence-corrected chi connectivity index (χ0v) is 22.2. The van der Waals surface area contributed by atoms with E-state index in [0.717, 1.165) is 83.1 Å². The van der Waals surface area contributed by atoms with Crippen LogP contribution >= 0.6 is 0 Å². The average Bonchev–Trinajstić information content (AvgIpc) is 3.73. The van der Waals surface area contributed by atoms with Crippen LogP contribution in [0.25, 0.3) is 44.5 Å². The molecule has 0 spiro atoms. The van der Waals surface area contributed by atoms with Crippen molar-refractivity contribution in [2.45, 2.75) is 12.8 Å². The topological polar surface area (TPSA) is 102 Å². The van der Waals surface area contributed by atoms with E-state index in [9.17, 15) is 0 Å². The summed E-state index contributed by atoms with van der Waals surface area (Å²) in [5.41, 5.74) is 5.55. The fraction of sp³-hybridized carbons (Fsp3) is 0.379. The van der Waals surface area contributed by atoms with Gasteiger partial charge in [-0.3, -0.25) is 15.0 Å². The Kier molecular flexibility index (Phi) is 6.34. The van der Waals surface area contributed by atoms with E-state index in [2.05, 4.69) is 59.0 Å². The number of aromatic nitrogens is 6. The number of fused-ring (bicyclic) bond motifs is 2. The second-order valence-electron chi connectivity index (χ2n) is 10.6. The number of likely N-dealkylation sites (tertiary alicyclic amines) is 1. The molecule has 7 heterocycles. The number of H-pyrrole nitrogens is 2. The fourth-order valence-electron chi connectivity index (χ4n) is 5.66. The largest absolute Gasteiger partial charge is 0.491 e. The molecule has 39 heavy (non-hydrogen) atoms. The van der Waals surface area contributed by atoms with Crippen molar-refractivity contribution in [1.82, 2.24) is 39.9 Å². The van der Waals surface area contributed by atoms with Gasteiger partial charge in [0.05, 0.1) is 23.1 Å². The Hall–Kier alpha value is -4.02. The Bertz CT molecular complexity index is 1600. The lowest BCUT2D eigenvalue weighted by Gasteiger charge is -2.33. The van der Waals surface area contributed by atoms with Crippen molar-refractivity contribution >= 4 is 27.8 Å². The molecule has 2 saturated heterocycles. The van der Waals surface area contributed by atoms with E-state index < -0.39 is 0 Å². The van der Waals surface area contributed by atoms with Crippen LogP contribution in [0.1, 0.15) is 12.8 Å². The maximum absolute atomic E-state index is 6.04. The first-order valence-electron chi connectivity index (χ1n) is 13.8. The number of likely N-dealkylation sites (N-methyl/N-ethyl adjacent to an activating group) is 1. The van der Waals surface area contributed by atoms with Crippen LogP contribution in [0.2, 0.25) is 0 Å². The average molecular weight is 524 g/mol. The summed E-state index contributed by atoms with van der Waals surface area (Å²) < 4.78 is 6.04. The number of nitrogens with one attached hydrogen (secondary N) is 2. The molecule has 0 bridgehead atoms. The van der Waals surface area contributed by atoms with Crippen LogP contribution in [0, 0.1) is 0 Å². The molecule has 0 atom stereocenters. The van der Waals surface area contributed by atoms with Crippen LogP contribution in [0.4, 0.5) is 5.82 Å². The zero-order chi connectivity index (χ0) is 26.2. The van der Waals surface area contributed by atoms with E-state index in [0.29, 0.717) is 12.3 Å². The maximum Gasteiger partial charge on any atom is 0.181 e. The van der Waals surface area contributed by atoms with Gasteiger partial charge in [0, 0.05) is 73.2 Å². The lowest BCUT2D eigenvalue weighted by molar-refractivity contribution is 0.237. The molecule has 0 amide bonds. The molecular formula is C29H33N9O. The summed E-state index contributed by atoms with van der Waals surface area (Å²) in [7, 11) is 2.17. The molecule has 2 N–H and O–H groups in total. The Morgan fingerprint density at radius 1 is 0.897 bits per heavy atom. The molecule has 7 rings (SSSR count). The first kappa shape index (κ1) is 24.1. The highest BCUT2D eigenvalue weighted by atomic mass is 16.5. The molecule has 200 valence electrons. The summed E-state index contributed by atoms with van der Waals surface area (Å²) in [6.45, 7) is 7.97. The third-order valence-corrected chi connectivity index (χ3v) is 7.93. The zero-order valence-electron chi connectivity index (χ0n) is 22.2. The Morgan fingerprint density at radius 2 is 1.74 bits per heavy atom. The van der Waals surface area contributed by atoms with Gasteiger partial charge >= 0.3 is 0 Å². The van der Waals surface area contributed by atoms with Crippen molar-refractivity contribution in [2.24, 2.45) is 0 Å². The van der Waals surface area contributed by atoms with E-state index in [1.165, 1.54) is 25.9 Å². The number of hydrogen-bond donors (Lipinski definition) is 2. The second-order valence-corrected chi connectivity index (χ2v) is 10.6. The second kappa shape index (κ2) is 10.3. The number of anilines is 1. The standard InChI is InChI=1S/C29H33N9O/c1-36-8-10-38(11-9-36)29-23-16-26(33-25(23)4-5-31-29)27-24-15-21(18-32-28(24)35-34-27)20-14-22(19-30-17-20)39-13-12-37-6-2-3-7-37/h4-5,14-19,33H,2-3,6-13H2,1H3,(H,32,34,35). The molecule has 2 aliphatic rings. The first-order chi connectivity index (χ1) is 19.2. The van der Waals surface area contributed by atoms with Crippen LogP contribution in [-0.2, 0) is 0 Å². The number of hydrogen-bond acceptors (Lipinski definition) is 8. The molecule has 5 aromatic rings. The predicted molar refractivity (Wildman–Crippen MR) is 153 cm³/mol. The highest BCUT2D eigenvalue weighted by Crippen LogP contribution is 2.34. The Labute approximate surface area is 227 Å². The molecule has 0 unspecified atom stereocenters. The normalized spacial score (nSPS) is 17.0. The van der Waals surface area contributed by atoms with Crippen molar-refractivity contribution in [2.75, 3.05) is 64.4 Å².